The number of carbonyl (C=O) groups excluding carboxylic acids is 2. The molecule has 2 N–H and O–H groups in total. The Hall–Kier alpha value is -3.88. The number of H-pyrrole nitrogens is 1. The van der Waals surface area contributed by atoms with Crippen molar-refractivity contribution in [2.75, 3.05) is 18.5 Å². The van der Waals surface area contributed by atoms with Crippen LogP contribution in [-0.2, 0) is 20.9 Å². The second-order valence-electron chi connectivity index (χ2n) is 6.02. The summed E-state index contributed by atoms with van der Waals surface area (Å²) in [7, 11) is 0. The van der Waals surface area contributed by atoms with Crippen molar-refractivity contribution in [3.63, 3.8) is 0 Å². The van der Waals surface area contributed by atoms with Gasteiger partial charge in [-0.05, 0) is 31.2 Å². The largest absolute Gasteiger partial charge is 0.492 e. The van der Waals surface area contributed by atoms with E-state index in [0.29, 0.717) is 18.0 Å². The molecule has 1 heterocycles. The van der Waals surface area contributed by atoms with Crippen molar-refractivity contribution in [1.82, 2.24) is 9.78 Å². The number of fused-ring (bicyclic) bond motifs is 1. The Balaban J connectivity index is 1.63. The Morgan fingerprint density at radius 2 is 1.72 bits per heavy atom. The molecule has 0 aliphatic heterocycles. The zero-order chi connectivity index (χ0) is 20.8. The first-order valence-corrected chi connectivity index (χ1v) is 8.88. The molecule has 0 atom stereocenters. The second-order valence-corrected chi connectivity index (χ2v) is 6.02. The number of aromatic nitrogens is 2. The van der Waals surface area contributed by atoms with Crippen molar-refractivity contribution in [3.8, 4) is 5.75 Å². The maximum atomic E-state index is 12.4. The number of hydrogen-bond acceptors (Lipinski definition) is 6. The van der Waals surface area contributed by atoms with E-state index in [1.807, 2.05) is 6.92 Å². The van der Waals surface area contributed by atoms with E-state index in [-0.39, 0.29) is 10.8 Å². The molecule has 0 unspecified atom stereocenters. The molecule has 0 spiro atoms. The van der Waals surface area contributed by atoms with Gasteiger partial charge in [-0.25, -0.2) is 4.68 Å². The van der Waals surface area contributed by atoms with E-state index in [4.69, 9.17) is 9.47 Å². The molecule has 1 amide bonds. The molecule has 9 nitrogen and oxygen atoms in total. The number of hydrogen-bond donors (Lipinski definition) is 2. The minimum atomic E-state index is -0.841. The van der Waals surface area contributed by atoms with Crippen LogP contribution in [0.1, 0.15) is 6.92 Å². The monoisotopic (exact) mass is 397 g/mol. The molecular weight excluding hydrogens is 378 g/mol. The lowest BCUT2D eigenvalue weighted by molar-refractivity contribution is -0.148. The van der Waals surface area contributed by atoms with Crippen molar-refractivity contribution >= 4 is 28.3 Å². The molecular formula is C20H19N3O6. The fourth-order valence-corrected chi connectivity index (χ4v) is 2.72. The Labute approximate surface area is 164 Å². The number of nitrogens with zero attached hydrogens (tertiary/aromatic N) is 1. The summed E-state index contributed by atoms with van der Waals surface area (Å²) in [5, 5.41) is 5.34. The zero-order valence-electron chi connectivity index (χ0n) is 15.6. The average molecular weight is 397 g/mol. The third-order valence-corrected chi connectivity index (χ3v) is 4.00. The van der Waals surface area contributed by atoms with Gasteiger partial charge in [0.05, 0.1) is 23.1 Å². The lowest BCUT2D eigenvalue weighted by Crippen LogP contribution is -2.33. The van der Waals surface area contributed by atoms with Crippen molar-refractivity contribution in [3.05, 3.63) is 69.2 Å². The fraction of sp³-hybridized carbons (Fsp3) is 0.200. The van der Waals surface area contributed by atoms with Crippen molar-refractivity contribution in [2.45, 2.75) is 13.5 Å². The number of aromatic amines is 1. The Morgan fingerprint density at radius 3 is 2.48 bits per heavy atom. The van der Waals surface area contributed by atoms with Gasteiger partial charge in [-0.3, -0.25) is 24.3 Å². The number of rotatable bonds is 7. The van der Waals surface area contributed by atoms with Crippen LogP contribution in [0.15, 0.2) is 58.1 Å². The maximum absolute atomic E-state index is 12.4. The number of nitrogens with one attached hydrogen (secondary N) is 2. The van der Waals surface area contributed by atoms with Gasteiger partial charge in [0.15, 0.2) is 6.61 Å². The Morgan fingerprint density at radius 1 is 1.03 bits per heavy atom. The standard InChI is InChI=1S/C20H19N3O6/c1-2-28-16-10-6-5-9-15(16)21-17(24)12-29-18(25)11-23-20(27)14-8-4-3-7-13(14)19(26)22-23/h3-10H,2,11-12H2,1H3,(H,21,24)(H,22,26). The smallest absolute Gasteiger partial charge is 0.328 e. The van der Waals surface area contributed by atoms with E-state index in [0.717, 1.165) is 4.68 Å². The summed E-state index contributed by atoms with van der Waals surface area (Å²) >= 11 is 0. The molecule has 29 heavy (non-hydrogen) atoms. The SMILES string of the molecule is CCOc1ccccc1NC(=O)COC(=O)Cn1[nH]c(=O)c2ccccc2c1=O. The minimum Gasteiger partial charge on any atom is -0.492 e. The van der Waals surface area contributed by atoms with Crippen molar-refractivity contribution in [2.24, 2.45) is 0 Å². The molecule has 2 aromatic carbocycles. The molecule has 0 saturated heterocycles. The third-order valence-electron chi connectivity index (χ3n) is 4.00. The lowest BCUT2D eigenvalue weighted by atomic mass is 10.2. The molecule has 0 fully saturated rings. The van der Waals surface area contributed by atoms with Gasteiger partial charge in [-0.15, -0.1) is 0 Å². The first-order chi connectivity index (χ1) is 14.0. The van der Waals surface area contributed by atoms with E-state index < -0.39 is 36.1 Å². The molecule has 0 saturated carbocycles. The van der Waals surface area contributed by atoms with Gasteiger partial charge in [0.1, 0.15) is 12.3 Å². The van der Waals surface area contributed by atoms with Crippen LogP contribution < -0.4 is 21.2 Å². The molecule has 9 heteroatoms. The van der Waals surface area contributed by atoms with Crippen LogP contribution in [0.25, 0.3) is 10.8 Å². The fourth-order valence-electron chi connectivity index (χ4n) is 2.72. The van der Waals surface area contributed by atoms with E-state index in [1.54, 1.807) is 36.4 Å². The number of anilines is 1. The van der Waals surface area contributed by atoms with Crippen molar-refractivity contribution < 1.29 is 19.1 Å². The van der Waals surface area contributed by atoms with Crippen LogP contribution in [0.4, 0.5) is 5.69 Å². The highest BCUT2D eigenvalue weighted by atomic mass is 16.5. The van der Waals surface area contributed by atoms with Gasteiger partial charge in [-0.1, -0.05) is 24.3 Å². The van der Waals surface area contributed by atoms with Gasteiger partial charge in [-0.2, -0.15) is 0 Å². The van der Waals surface area contributed by atoms with E-state index >= 15 is 0 Å². The average Bonchev–Trinajstić information content (AvgIpc) is 2.72. The zero-order valence-corrected chi connectivity index (χ0v) is 15.6. The summed E-state index contributed by atoms with van der Waals surface area (Å²) in [5.74, 6) is -0.911. The minimum absolute atomic E-state index is 0.189. The van der Waals surface area contributed by atoms with Crippen LogP contribution in [0.3, 0.4) is 0 Å². The maximum Gasteiger partial charge on any atom is 0.328 e. The van der Waals surface area contributed by atoms with Crippen LogP contribution in [0.2, 0.25) is 0 Å². The van der Waals surface area contributed by atoms with Gasteiger partial charge in [0, 0.05) is 0 Å². The number of para-hydroxylation sites is 2. The molecule has 0 aliphatic rings. The molecule has 150 valence electrons. The van der Waals surface area contributed by atoms with Gasteiger partial charge >= 0.3 is 5.97 Å². The molecule has 3 rings (SSSR count). The van der Waals surface area contributed by atoms with Gasteiger partial charge in [0.25, 0.3) is 17.0 Å². The predicted molar refractivity (Wildman–Crippen MR) is 106 cm³/mol. The van der Waals surface area contributed by atoms with E-state index in [1.165, 1.54) is 12.1 Å². The Kier molecular flexibility index (Phi) is 6.08. The third kappa shape index (κ3) is 4.70. The molecule has 3 aromatic rings. The molecule has 0 aliphatic carbocycles. The summed E-state index contributed by atoms with van der Waals surface area (Å²) in [6.07, 6.45) is 0. The molecule has 1 aromatic heterocycles. The van der Waals surface area contributed by atoms with Gasteiger partial charge in [0.2, 0.25) is 0 Å². The quantitative estimate of drug-likeness (QED) is 0.580. The van der Waals surface area contributed by atoms with Crippen LogP contribution in [-0.4, -0.2) is 34.9 Å². The summed E-state index contributed by atoms with van der Waals surface area (Å²) in [6, 6.07) is 13.1. The molecule has 0 bridgehead atoms. The second kappa shape index (κ2) is 8.87. The number of ether oxygens (including phenoxy) is 2. The van der Waals surface area contributed by atoms with Crippen LogP contribution in [0, 0.1) is 0 Å². The number of benzene rings is 2. The number of carbonyl (C=O) groups is 2. The first kappa shape index (κ1) is 19.9. The van der Waals surface area contributed by atoms with Crippen molar-refractivity contribution in [1.29, 1.82) is 0 Å². The highest BCUT2D eigenvalue weighted by Crippen LogP contribution is 2.23. The van der Waals surface area contributed by atoms with Crippen LogP contribution >= 0.6 is 0 Å². The number of amides is 1. The normalized spacial score (nSPS) is 10.5. The summed E-state index contributed by atoms with van der Waals surface area (Å²) in [4.78, 5) is 48.5. The number of esters is 1. The lowest BCUT2D eigenvalue weighted by Gasteiger charge is -2.11. The van der Waals surface area contributed by atoms with Gasteiger partial charge < -0.3 is 14.8 Å². The van der Waals surface area contributed by atoms with E-state index in [2.05, 4.69) is 10.4 Å². The van der Waals surface area contributed by atoms with Crippen LogP contribution in [0.5, 0.6) is 5.75 Å². The summed E-state index contributed by atoms with van der Waals surface area (Å²) < 4.78 is 11.2. The topological polar surface area (TPSA) is 119 Å². The first-order valence-electron chi connectivity index (χ1n) is 8.88. The molecule has 0 radical (unpaired) electrons. The highest BCUT2D eigenvalue weighted by Gasteiger charge is 2.13. The summed E-state index contributed by atoms with van der Waals surface area (Å²) in [6.45, 7) is 1.17. The highest BCUT2D eigenvalue weighted by molar-refractivity contribution is 5.94. The summed E-state index contributed by atoms with van der Waals surface area (Å²) in [5.41, 5.74) is -0.587. The van der Waals surface area contributed by atoms with E-state index in [9.17, 15) is 19.2 Å². The Bertz CT molecular complexity index is 1160. The predicted octanol–water partition coefficient (Wildman–Crippen LogP) is 1.27.